The molecule has 1 aromatic rings. The summed E-state index contributed by atoms with van der Waals surface area (Å²) in [6.45, 7) is 5.30. The minimum Gasteiger partial charge on any atom is -0.460 e. The number of urea groups is 1. The molecule has 110 valence electrons. The van der Waals surface area contributed by atoms with E-state index in [1.165, 1.54) is 0 Å². The third-order valence-corrected chi connectivity index (χ3v) is 3.42. The smallest absolute Gasteiger partial charge is 0.317 e. The minimum absolute atomic E-state index is 0.00154. The Hall–Kier alpha value is -1.37. The molecule has 1 N–H and O–H groups in total. The molecule has 20 heavy (non-hydrogen) atoms. The molecule has 0 bridgehead atoms. The molecule has 1 aromatic heterocycles. The van der Waals surface area contributed by atoms with E-state index in [0.29, 0.717) is 19.1 Å². The van der Waals surface area contributed by atoms with Gasteiger partial charge in [0.2, 0.25) is 0 Å². The summed E-state index contributed by atoms with van der Waals surface area (Å²) < 4.78 is 6.54. The van der Waals surface area contributed by atoms with Gasteiger partial charge in [0.25, 0.3) is 0 Å². The molecule has 1 fully saturated rings. The van der Waals surface area contributed by atoms with Crippen LogP contribution in [0, 0.1) is 0 Å². The number of aromatic nitrogens is 2. The summed E-state index contributed by atoms with van der Waals surface area (Å²) in [4.78, 5) is 21.9. The second kappa shape index (κ2) is 6.88. The van der Waals surface area contributed by atoms with Crippen LogP contribution in [0.4, 0.5) is 4.79 Å². The topological polar surface area (TPSA) is 67.4 Å². The molecule has 0 saturated carbocycles. The van der Waals surface area contributed by atoms with Gasteiger partial charge in [0.15, 0.2) is 0 Å². The first kappa shape index (κ1) is 15.0. The zero-order valence-electron chi connectivity index (χ0n) is 11.7. The maximum Gasteiger partial charge on any atom is 0.317 e. The molecule has 0 unspecified atom stereocenters. The summed E-state index contributed by atoms with van der Waals surface area (Å²) in [5.74, 6) is 0. The number of hydrogen-bond acceptors (Lipinski definition) is 4. The molecule has 2 amide bonds. The van der Waals surface area contributed by atoms with E-state index >= 15 is 0 Å². The summed E-state index contributed by atoms with van der Waals surface area (Å²) in [6, 6.07) is 0.546. The van der Waals surface area contributed by atoms with Crippen LogP contribution in [0.15, 0.2) is 16.9 Å². The van der Waals surface area contributed by atoms with Crippen molar-refractivity contribution in [1.82, 2.24) is 20.2 Å². The van der Waals surface area contributed by atoms with Crippen LogP contribution in [-0.2, 0) is 0 Å². The third-order valence-electron chi connectivity index (χ3n) is 3.01. The van der Waals surface area contributed by atoms with Gasteiger partial charge in [-0.25, -0.2) is 14.8 Å². The van der Waals surface area contributed by atoms with Gasteiger partial charge in [-0.1, -0.05) is 0 Å². The lowest BCUT2D eigenvalue weighted by atomic mass is 10.1. The Morgan fingerprint density at radius 2 is 2.00 bits per heavy atom. The number of nitrogens with zero attached hydrogens (tertiary/aromatic N) is 3. The molecule has 1 aliphatic rings. The molecule has 7 heteroatoms. The quantitative estimate of drug-likeness (QED) is 0.914. The lowest BCUT2D eigenvalue weighted by molar-refractivity contribution is 0.103. The number of carbonyl (C=O) groups is 1. The first-order chi connectivity index (χ1) is 9.54. The van der Waals surface area contributed by atoms with Crippen molar-refractivity contribution in [3.63, 3.8) is 0 Å². The van der Waals surface area contributed by atoms with Crippen molar-refractivity contribution in [2.75, 3.05) is 13.1 Å². The molecule has 0 spiro atoms. The lowest BCUT2D eigenvalue weighted by Gasteiger charge is -2.32. The standard InChI is InChI=1S/C13H19BrN4O2/c1-9(2)17-13(19)18-5-3-11(4-6-18)20-12-15-7-10(14)8-16-12/h7-9,11H,3-6H2,1-2H3,(H,17,19). The SMILES string of the molecule is CC(C)NC(=O)N1CCC(Oc2ncc(Br)cn2)CC1. The summed E-state index contributed by atoms with van der Waals surface area (Å²) in [7, 11) is 0. The second-order valence-corrected chi connectivity index (χ2v) is 6.01. The Balaban J connectivity index is 1.79. The van der Waals surface area contributed by atoms with Crippen molar-refractivity contribution < 1.29 is 9.53 Å². The minimum atomic E-state index is -0.00154. The summed E-state index contributed by atoms with van der Waals surface area (Å²) in [6.07, 6.45) is 4.98. The van der Waals surface area contributed by atoms with E-state index in [0.717, 1.165) is 17.3 Å². The molecule has 2 rings (SSSR count). The van der Waals surface area contributed by atoms with E-state index in [1.54, 1.807) is 12.4 Å². The van der Waals surface area contributed by atoms with Crippen LogP contribution in [-0.4, -0.2) is 46.1 Å². The number of halogens is 1. The molecule has 1 saturated heterocycles. The van der Waals surface area contributed by atoms with E-state index in [-0.39, 0.29) is 18.2 Å². The molecule has 6 nitrogen and oxygen atoms in total. The number of amides is 2. The number of carbonyl (C=O) groups excluding carboxylic acids is 1. The Bertz CT molecular complexity index is 444. The van der Waals surface area contributed by atoms with Crippen LogP contribution in [0.3, 0.4) is 0 Å². The monoisotopic (exact) mass is 342 g/mol. The van der Waals surface area contributed by atoms with Crippen LogP contribution >= 0.6 is 15.9 Å². The van der Waals surface area contributed by atoms with Crippen molar-refractivity contribution in [3.8, 4) is 6.01 Å². The van der Waals surface area contributed by atoms with Crippen molar-refractivity contribution in [2.24, 2.45) is 0 Å². The van der Waals surface area contributed by atoms with E-state index in [1.807, 2.05) is 18.7 Å². The molecule has 2 heterocycles. The van der Waals surface area contributed by atoms with Gasteiger partial charge < -0.3 is 15.0 Å². The maximum atomic E-state index is 11.9. The number of rotatable bonds is 3. The highest BCUT2D eigenvalue weighted by Gasteiger charge is 2.24. The number of piperidine rings is 1. The largest absolute Gasteiger partial charge is 0.460 e. The van der Waals surface area contributed by atoms with Gasteiger partial charge in [-0.15, -0.1) is 0 Å². The van der Waals surface area contributed by atoms with Gasteiger partial charge in [0.05, 0.1) is 4.47 Å². The fraction of sp³-hybridized carbons (Fsp3) is 0.615. The van der Waals surface area contributed by atoms with E-state index in [2.05, 4.69) is 31.2 Å². The number of nitrogens with one attached hydrogen (secondary N) is 1. The van der Waals surface area contributed by atoms with Gasteiger partial charge in [-0.05, 0) is 29.8 Å². The predicted octanol–water partition coefficient (Wildman–Crippen LogP) is 2.20. The fourth-order valence-electron chi connectivity index (χ4n) is 2.03. The number of hydrogen-bond donors (Lipinski definition) is 1. The third kappa shape index (κ3) is 4.33. The summed E-state index contributed by atoms with van der Waals surface area (Å²) in [5, 5.41) is 2.90. The Morgan fingerprint density at radius 1 is 1.40 bits per heavy atom. The molecule has 1 aliphatic heterocycles. The van der Waals surface area contributed by atoms with Crippen LogP contribution in [0.1, 0.15) is 26.7 Å². The van der Waals surface area contributed by atoms with E-state index in [9.17, 15) is 4.79 Å². The Morgan fingerprint density at radius 3 is 2.55 bits per heavy atom. The highest BCUT2D eigenvalue weighted by atomic mass is 79.9. The van der Waals surface area contributed by atoms with Crippen molar-refractivity contribution in [2.45, 2.75) is 38.8 Å². The van der Waals surface area contributed by atoms with Gasteiger partial charge in [0.1, 0.15) is 6.10 Å². The van der Waals surface area contributed by atoms with Gasteiger partial charge in [-0.2, -0.15) is 0 Å². The first-order valence-electron chi connectivity index (χ1n) is 6.74. The van der Waals surface area contributed by atoms with Crippen molar-refractivity contribution in [1.29, 1.82) is 0 Å². The van der Waals surface area contributed by atoms with Crippen LogP contribution in [0.2, 0.25) is 0 Å². The molecule has 0 aliphatic carbocycles. The average Bonchev–Trinajstić information content (AvgIpc) is 2.41. The van der Waals surface area contributed by atoms with Crippen LogP contribution in [0.25, 0.3) is 0 Å². The molecule has 0 aromatic carbocycles. The molecular weight excluding hydrogens is 324 g/mol. The van der Waals surface area contributed by atoms with Crippen molar-refractivity contribution >= 4 is 22.0 Å². The fourth-order valence-corrected chi connectivity index (χ4v) is 2.23. The number of ether oxygens (including phenoxy) is 1. The zero-order chi connectivity index (χ0) is 14.5. The van der Waals surface area contributed by atoms with Gasteiger partial charge >= 0.3 is 12.0 Å². The van der Waals surface area contributed by atoms with Crippen LogP contribution < -0.4 is 10.1 Å². The molecular formula is C13H19BrN4O2. The number of likely N-dealkylation sites (tertiary alicyclic amines) is 1. The van der Waals surface area contributed by atoms with Crippen molar-refractivity contribution in [3.05, 3.63) is 16.9 Å². The average molecular weight is 343 g/mol. The van der Waals surface area contributed by atoms with Gasteiger partial charge in [-0.3, -0.25) is 0 Å². The zero-order valence-corrected chi connectivity index (χ0v) is 13.3. The predicted molar refractivity (Wildman–Crippen MR) is 78.6 cm³/mol. The Labute approximate surface area is 127 Å². The van der Waals surface area contributed by atoms with E-state index < -0.39 is 0 Å². The second-order valence-electron chi connectivity index (χ2n) is 5.09. The highest BCUT2D eigenvalue weighted by Crippen LogP contribution is 2.16. The van der Waals surface area contributed by atoms with E-state index in [4.69, 9.17) is 4.74 Å². The first-order valence-corrected chi connectivity index (χ1v) is 7.53. The molecule has 0 atom stereocenters. The lowest BCUT2D eigenvalue weighted by Crippen LogP contribution is -2.48. The molecule has 0 radical (unpaired) electrons. The maximum absolute atomic E-state index is 11.9. The summed E-state index contributed by atoms with van der Waals surface area (Å²) in [5.41, 5.74) is 0. The Kier molecular flexibility index (Phi) is 5.17. The normalized spacial score (nSPS) is 16.3. The highest BCUT2D eigenvalue weighted by molar-refractivity contribution is 9.10. The van der Waals surface area contributed by atoms with Gasteiger partial charge in [0, 0.05) is 44.4 Å². The van der Waals surface area contributed by atoms with Crippen LogP contribution in [0.5, 0.6) is 6.01 Å². The summed E-state index contributed by atoms with van der Waals surface area (Å²) >= 11 is 3.28.